The molecule has 0 heterocycles. The number of hydrogen-bond acceptors (Lipinski definition) is 1. The van der Waals surface area contributed by atoms with Crippen LogP contribution in [-0.4, -0.2) is 5.78 Å². The minimum Gasteiger partial charge on any atom is -0.294 e. The lowest BCUT2D eigenvalue weighted by Crippen LogP contribution is -1.97. The van der Waals surface area contributed by atoms with Gasteiger partial charge in [-0.2, -0.15) is 0 Å². The summed E-state index contributed by atoms with van der Waals surface area (Å²) in [4.78, 5) is 12.0. The Labute approximate surface area is 138 Å². The summed E-state index contributed by atoms with van der Waals surface area (Å²) < 4.78 is 0.915. The lowest BCUT2D eigenvalue weighted by molar-refractivity contribution is 0.101. The molecule has 3 aromatic carbocycles. The molecule has 0 saturated carbocycles. The molecule has 0 spiro atoms. The highest BCUT2D eigenvalue weighted by Gasteiger charge is 2.13. The molecule has 3 rings (SSSR count). The molecule has 1 nitrogen and oxygen atoms in total. The minimum absolute atomic E-state index is 0.0687. The smallest absolute Gasteiger partial charge is 0.160 e. The maximum Gasteiger partial charge on any atom is 0.160 e. The molecule has 0 atom stereocenters. The van der Waals surface area contributed by atoms with Gasteiger partial charge in [-0.05, 0) is 41.3 Å². The van der Waals surface area contributed by atoms with Gasteiger partial charge in [0, 0.05) is 10.0 Å². The number of carbonyl (C=O) groups excluding carboxylic acids is 1. The first-order chi connectivity index (χ1) is 10.7. The Bertz CT molecular complexity index is 822. The molecule has 3 aromatic rings. The van der Waals surface area contributed by atoms with Crippen molar-refractivity contribution < 1.29 is 4.79 Å². The maximum atomic E-state index is 12.0. The zero-order chi connectivity index (χ0) is 15.5. The first kappa shape index (κ1) is 14.7. The Morgan fingerprint density at radius 1 is 0.773 bits per heavy atom. The van der Waals surface area contributed by atoms with Crippen LogP contribution in [0.3, 0.4) is 0 Å². The van der Waals surface area contributed by atoms with E-state index in [1.807, 2.05) is 48.5 Å². The van der Waals surface area contributed by atoms with E-state index in [-0.39, 0.29) is 5.78 Å². The third-order valence-electron chi connectivity index (χ3n) is 3.66. The number of Topliss-reactive ketones (excluding diaryl/α,β-unsaturated/α-hetero) is 1. The van der Waals surface area contributed by atoms with Crippen molar-refractivity contribution in [1.29, 1.82) is 0 Å². The van der Waals surface area contributed by atoms with E-state index in [0.29, 0.717) is 0 Å². The predicted molar refractivity (Wildman–Crippen MR) is 95.0 cm³/mol. The summed E-state index contributed by atoms with van der Waals surface area (Å²) in [6, 6.07) is 24.3. The summed E-state index contributed by atoms with van der Waals surface area (Å²) in [5, 5.41) is 0. The standard InChI is InChI=1S/C20H15BrO/c1-14(22)20-13-16(21)11-12-19(20)18-10-6-5-9-17(18)15-7-3-2-4-8-15/h2-13H,1H3. The van der Waals surface area contributed by atoms with Crippen LogP contribution in [0.4, 0.5) is 0 Å². The van der Waals surface area contributed by atoms with Crippen molar-refractivity contribution >= 4 is 21.7 Å². The summed E-state index contributed by atoms with van der Waals surface area (Å²) >= 11 is 3.45. The topological polar surface area (TPSA) is 17.1 Å². The second-order valence-corrected chi connectivity index (χ2v) is 6.07. The first-order valence-corrected chi connectivity index (χ1v) is 7.91. The van der Waals surface area contributed by atoms with E-state index in [2.05, 4.69) is 40.2 Å². The van der Waals surface area contributed by atoms with Gasteiger partial charge in [0.15, 0.2) is 5.78 Å². The van der Waals surface area contributed by atoms with Crippen LogP contribution < -0.4 is 0 Å². The highest BCUT2D eigenvalue weighted by molar-refractivity contribution is 9.10. The Kier molecular flexibility index (Phi) is 4.21. The molecular formula is C20H15BrO. The molecule has 0 aliphatic heterocycles. The zero-order valence-corrected chi connectivity index (χ0v) is 13.8. The molecule has 2 heteroatoms. The van der Waals surface area contributed by atoms with Crippen molar-refractivity contribution in [3.8, 4) is 22.3 Å². The molecular weight excluding hydrogens is 336 g/mol. The van der Waals surface area contributed by atoms with Gasteiger partial charge < -0.3 is 0 Å². The Balaban J connectivity index is 2.25. The zero-order valence-electron chi connectivity index (χ0n) is 12.2. The molecule has 22 heavy (non-hydrogen) atoms. The van der Waals surface area contributed by atoms with Crippen molar-refractivity contribution in [3.05, 3.63) is 82.8 Å². The van der Waals surface area contributed by atoms with Crippen LogP contribution >= 0.6 is 15.9 Å². The van der Waals surface area contributed by atoms with E-state index in [4.69, 9.17) is 0 Å². The van der Waals surface area contributed by atoms with Gasteiger partial charge in [-0.15, -0.1) is 0 Å². The summed E-state index contributed by atoms with van der Waals surface area (Å²) in [5.41, 5.74) is 5.06. The van der Waals surface area contributed by atoms with Gasteiger partial charge in [-0.3, -0.25) is 4.79 Å². The summed E-state index contributed by atoms with van der Waals surface area (Å²) in [5.74, 6) is 0.0687. The monoisotopic (exact) mass is 350 g/mol. The number of benzene rings is 3. The SMILES string of the molecule is CC(=O)c1cc(Br)ccc1-c1ccccc1-c1ccccc1. The Morgan fingerprint density at radius 2 is 1.41 bits per heavy atom. The van der Waals surface area contributed by atoms with Gasteiger partial charge >= 0.3 is 0 Å². The molecule has 0 bridgehead atoms. The predicted octanol–water partition coefficient (Wildman–Crippen LogP) is 5.99. The molecule has 0 saturated heterocycles. The highest BCUT2D eigenvalue weighted by Crippen LogP contribution is 2.35. The van der Waals surface area contributed by atoms with Crippen LogP contribution in [0.15, 0.2) is 77.3 Å². The Hall–Kier alpha value is -2.19. The molecule has 0 aromatic heterocycles. The van der Waals surface area contributed by atoms with Crippen LogP contribution in [0.25, 0.3) is 22.3 Å². The molecule has 0 N–H and O–H groups in total. The maximum absolute atomic E-state index is 12.0. The molecule has 0 amide bonds. The number of ketones is 1. The number of rotatable bonds is 3. The highest BCUT2D eigenvalue weighted by atomic mass is 79.9. The van der Waals surface area contributed by atoms with E-state index in [9.17, 15) is 4.79 Å². The average Bonchev–Trinajstić information content (AvgIpc) is 2.55. The fourth-order valence-corrected chi connectivity index (χ4v) is 2.99. The molecule has 0 radical (unpaired) electrons. The van der Waals surface area contributed by atoms with E-state index in [1.165, 1.54) is 0 Å². The number of halogens is 1. The van der Waals surface area contributed by atoms with Gasteiger partial charge in [0.1, 0.15) is 0 Å². The fraction of sp³-hybridized carbons (Fsp3) is 0.0500. The molecule has 0 unspecified atom stereocenters. The van der Waals surface area contributed by atoms with Crippen LogP contribution in [0.5, 0.6) is 0 Å². The van der Waals surface area contributed by atoms with Crippen molar-refractivity contribution in [2.45, 2.75) is 6.92 Å². The van der Waals surface area contributed by atoms with Crippen LogP contribution in [0.2, 0.25) is 0 Å². The number of hydrogen-bond donors (Lipinski definition) is 0. The van der Waals surface area contributed by atoms with Crippen LogP contribution in [-0.2, 0) is 0 Å². The molecule has 0 fully saturated rings. The van der Waals surface area contributed by atoms with Crippen LogP contribution in [0, 0.1) is 0 Å². The third kappa shape index (κ3) is 2.88. The van der Waals surface area contributed by atoms with Crippen molar-refractivity contribution in [2.75, 3.05) is 0 Å². The largest absolute Gasteiger partial charge is 0.294 e. The molecule has 0 aliphatic carbocycles. The summed E-state index contributed by atoms with van der Waals surface area (Å²) in [6.45, 7) is 1.61. The normalized spacial score (nSPS) is 10.5. The summed E-state index contributed by atoms with van der Waals surface area (Å²) in [6.07, 6.45) is 0. The summed E-state index contributed by atoms with van der Waals surface area (Å²) in [7, 11) is 0. The van der Waals surface area contributed by atoms with Gasteiger partial charge in [-0.1, -0.05) is 76.6 Å². The average molecular weight is 351 g/mol. The Morgan fingerprint density at radius 3 is 2.09 bits per heavy atom. The van der Waals surface area contributed by atoms with E-state index in [1.54, 1.807) is 6.92 Å². The van der Waals surface area contributed by atoms with Crippen molar-refractivity contribution in [2.24, 2.45) is 0 Å². The molecule has 0 aliphatic rings. The van der Waals surface area contributed by atoms with Crippen molar-refractivity contribution in [3.63, 3.8) is 0 Å². The lowest BCUT2D eigenvalue weighted by atomic mass is 9.91. The lowest BCUT2D eigenvalue weighted by Gasteiger charge is -2.13. The number of carbonyl (C=O) groups is 1. The van der Waals surface area contributed by atoms with Gasteiger partial charge in [-0.25, -0.2) is 0 Å². The van der Waals surface area contributed by atoms with Gasteiger partial charge in [0.25, 0.3) is 0 Å². The van der Waals surface area contributed by atoms with Crippen LogP contribution in [0.1, 0.15) is 17.3 Å². The first-order valence-electron chi connectivity index (χ1n) is 7.12. The van der Waals surface area contributed by atoms with E-state index in [0.717, 1.165) is 32.3 Å². The van der Waals surface area contributed by atoms with Crippen molar-refractivity contribution in [1.82, 2.24) is 0 Å². The van der Waals surface area contributed by atoms with E-state index < -0.39 is 0 Å². The van der Waals surface area contributed by atoms with Gasteiger partial charge in [0.05, 0.1) is 0 Å². The van der Waals surface area contributed by atoms with Gasteiger partial charge in [0.2, 0.25) is 0 Å². The minimum atomic E-state index is 0.0687. The second-order valence-electron chi connectivity index (χ2n) is 5.16. The third-order valence-corrected chi connectivity index (χ3v) is 4.16. The quantitative estimate of drug-likeness (QED) is 0.530. The van der Waals surface area contributed by atoms with E-state index >= 15 is 0 Å². The molecule has 108 valence electrons. The second kappa shape index (κ2) is 6.29. The fourth-order valence-electron chi connectivity index (χ4n) is 2.63.